The summed E-state index contributed by atoms with van der Waals surface area (Å²) in [6.45, 7) is 0. The maximum Gasteiger partial charge on any atom is 0.417 e. The van der Waals surface area contributed by atoms with Crippen molar-refractivity contribution in [3.8, 4) is 0 Å². The number of hydrogen-bond donors (Lipinski definition) is 0. The van der Waals surface area contributed by atoms with Gasteiger partial charge in [-0.25, -0.2) is 0 Å². The van der Waals surface area contributed by atoms with Crippen molar-refractivity contribution in [1.82, 2.24) is 9.97 Å². The van der Waals surface area contributed by atoms with Crippen LogP contribution in [0.25, 0.3) is 11.0 Å². The van der Waals surface area contributed by atoms with Gasteiger partial charge in [-0.05, 0) is 28.1 Å². The molecule has 0 bridgehead atoms. The molecule has 0 aliphatic carbocycles. The van der Waals surface area contributed by atoms with Gasteiger partial charge in [0.25, 0.3) is 0 Å². The molecule has 0 aliphatic rings. The van der Waals surface area contributed by atoms with Gasteiger partial charge in [-0.15, -0.1) is 0 Å². The molecule has 0 atom stereocenters. The fourth-order valence-corrected chi connectivity index (χ4v) is 1.45. The van der Waals surface area contributed by atoms with Crippen LogP contribution in [0.15, 0.2) is 29.0 Å². The van der Waals surface area contributed by atoms with Crippen molar-refractivity contribution in [2.75, 3.05) is 0 Å². The van der Waals surface area contributed by atoms with Crippen molar-refractivity contribution in [3.05, 3.63) is 34.6 Å². The van der Waals surface area contributed by atoms with Crippen LogP contribution in [0.1, 0.15) is 5.56 Å². The molecule has 0 saturated heterocycles. The quantitative estimate of drug-likeness (QED) is 0.737. The molecule has 15 heavy (non-hydrogen) atoms. The van der Waals surface area contributed by atoms with Crippen LogP contribution < -0.4 is 0 Å². The minimum Gasteiger partial charge on any atom is -0.254 e. The van der Waals surface area contributed by atoms with Gasteiger partial charge in [0.2, 0.25) is 0 Å². The summed E-state index contributed by atoms with van der Waals surface area (Å²) in [5.74, 6) is 0. The average Bonchev–Trinajstić information content (AvgIpc) is 2.15. The van der Waals surface area contributed by atoms with Crippen molar-refractivity contribution >= 4 is 27.0 Å². The highest BCUT2D eigenvalue weighted by atomic mass is 79.9. The monoisotopic (exact) mass is 276 g/mol. The normalized spacial score (nSPS) is 12.0. The van der Waals surface area contributed by atoms with Gasteiger partial charge in [-0.2, -0.15) is 13.2 Å². The van der Waals surface area contributed by atoms with Crippen LogP contribution in [0.3, 0.4) is 0 Å². The first-order valence-electron chi connectivity index (χ1n) is 3.95. The molecule has 0 saturated carbocycles. The van der Waals surface area contributed by atoms with E-state index in [-0.39, 0.29) is 5.52 Å². The summed E-state index contributed by atoms with van der Waals surface area (Å²) in [5.41, 5.74) is -0.129. The second-order valence-corrected chi connectivity index (χ2v) is 3.83. The molecule has 6 heteroatoms. The predicted octanol–water partition coefficient (Wildman–Crippen LogP) is 3.41. The average molecular weight is 277 g/mol. The molecular formula is C9H4BrF3N2. The summed E-state index contributed by atoms with van der Waals surface area (Å²) in [6, 6.07) is 2.59. The first-order valence-corrected chi connectivity index (χ1v) is 4.74. The van der Waals surface area contributed by atoms with E-state index in [2.05, 4.69) is 25.9 Å². The van der Waals surface area contributed by atoms with Gasteiger partial charge in [0.05, 0.1) is 16.6 Å². The molecule has 0 radical (unpaired) electrons. The standard InChI is InChI=1S/C9H4BrF3N2/c10-6-2-8-7(15-4-6)1-5(3-14-8)9(11,12)13/h1-4H. The second-order valence-electron chi connectivity index (χ2n) is 2.91. The number of rotatable bonds is 0. The Hall–Kier alpha value is -1.17. The Labute approximate surface area is 91.3 Å². The molecule has 0 aromatic carbocycles. The van der Waals surface area contributed by atoms with E-state index < -0.39 is 11.7 Å². The summed E-state index contributed by atoms with van der Waals surface area (Å²) < 4.78 is 37.6. The molecule has 0 aliphatic heterocycles. The number of fused-ring (bicyclic) bond motifs is 1. The Morgan fingerprint density at radius 1 is 1.00 bits per heavy atom. The van der Waals surface area contributed by atoms with Crippen molar-refractivity contribution in [1.29, 1.82) is 0 Å². The third-order valence-electron chi connectivity index (χ3n) is 1.83. The summed E-state index contributed by atoms with van der Waals surface area (Å²) in [4.78, 5) is 7.54. The smallest absolute Gasteiger partial charge is 0.254 e. The highest BCUT2D eigenvalue weighted by Crippen LogP contribution is 2.30. The Morgan fingerprint density at radius 3 is 2.27 bits per heavy atom. The molecule has 2 nitrogen and oxygen atoms in total. The lowest BCUT2D eigenvalue weighted by Crippen LogP contribution is -2.05. The van der Waals surface area contributed by atoms with Gasteiger partial charge in [0.15, 0.2) is 0 Å². The SMILES string of the molecule is FC(F)(F)c1cnc2cc(Br)cnc2c1. The molecular weight excluding hydrogens is 273 g/mol. The molecule has 2 aromatic heterocycles. The third-order valence-corrected chi connectivity index (χ3v) is 2.26. The summed E-state index contributed by atoms with van der Waals surface area (Å²) in [5, 5.41) is 0. The van der Waals surface area contributed by atoms with Crippen LogP contribution in [0.4, 0.5) is 13.2 Å². The molecule has 2 rings (SSSR count). The van der Waals surface area contributed by atoms with Gasteiger partial charge >= 0.3 is 6.18 Å². The Bertz CT molecular complexity index is 510. The fraction of sp³-hybridized carbons (Fsp3) is 0.111. The highest BCUT2D eigenvalue weighted by molar-refractivity contribution is 9.10. The Morgan fingerprint density at radius 2 is 1.60 bits per heavy atom. The van der Waals surface area contributed by atoms with Crippen LogP contribution in [-0.2, 0) is 6.18 Å². The lowest BCUT2D eigenvalue weighted by molar-refractivity contribution is -0.137. The molecule has 0 unspecified atom stereocenters. The van der Waals surface area contributed by atoms with Crippen molar-refractivity contribution in [2.45, 2.75) is 6.18 Å². The Kier molecular flexibility index (Phi) is 2.38. The zero-order valence-corrected chi connectivity index (χ0v) is 8.80. The highest BCUT2D eigenvalue weighted by Gasteiger charge is 2.31. The van der Waals surface area contributed by atoms with E-state index in [9.17, 15) is 13.2 Å². The first kappa shape index (κ1) is 10.4. The minimum absolute atomic E-state index is 0.230. The second kappa shape index (κ2) is 3.44. The molecule has 2 aromatic rings. The van der Waals surface area contributed by atoms with E-state index in [0.717, 1.165) is 12.3 Å². The number of nitrogens with zero attached hydrogens (tertiary/aromatic N) is 2. The van der Waals surface area contributed by atoms with Gasteiger partial charge in [0.1, 0.15) is 0 Å². The zero-order chi connectivity index (χ0) is 11.1. The van der Waals surface area contributed by atoms with E-state index in [1.165, 1.54) is 6.20 Å². The van der Waals surface area contributed by atoms with Crippen molar-refractivity contribution < 1.29 is 13.2 Å². The molecule has 0 N–H and O–H groups in total. The number of halogens is 4. The lowest BCUT2D eigenvalue weighted by atomic mass is 10.2. The molecule has 2 heterocycles. The van der Waals surface area contributed by atoms with Gasteiger partial charge < -0.3 is 0 Å². The van der Waals surface area contributed by atoms with Gasteiger partial charge in [-0.1, -0.05) is 0 Å². The van der Waals surface area contributed by atoms with Crippen molar-refractivity contribution in [2.24, 2.45) is 0 Å². The van der Waals surface area contributed by atoms with Crippen LogP contribution in [-0.4, -0.2) is 9.97 Å². The summed E-state index contributed by atoms with van der Waals surface area (Å²) in [6.07, 6.45) is -2.14. The largest absolute Gasteiger partial charge is 0.417 e. The molecule has 0 spiro atoms. The summed E-state index contributed by atoms with van der Waals surface area (Å²) in [7, 11) is 0. The maximum atomic E-state index is 12.3. The Balaban J connectivity index is 2.62. The van der Waals surface area contributed by atoms with Crippen molar-refractivity contribution in [3.63, 3.8) is 0 Å². The molecule has 0 fully saturated rings. The maximum absolute atomic E-state index is 12.3. The zero-order valence-electron chi connectivity index (χ0n) is 7.22. The number of pyridine rings is 2. The number of alkyl halides is 3. The van der Waals surface area contributed by atoms with E-state index >= 15 is 0 Å². The predicted molar refractivity (Wildman–Crippen MR) is 52.2 cm³/mol. The van der Waals surface area contributed by atoms with Crippen LogP contribution in [0.2, 0.25) is 0 Å². The minimum atomic E-state index is -4.38. The van der Waals surface area contributed by atoms with Crippen LogP contribution >= 0.6 is 15.9 Å². The fourth-order valence-electron chi connectivity index (χ4n) is 1.13. The van der Waals surface area contributed by atoms with Gasteiger partial charge in [-0.3, -0.25) is 9.97 Å². The van der Waals surface area contributed by atoms with Crippen LogP contribution in [0.5, 0.6) is 0 Å². The molecule has 78 valence electrons. The van der Waals surface area contributed by atoms with E-state index in [0.29, 0.717) is 9.99 Å². The number of aromatic nitrogens is 2. The first-order chi connectivity index (χ1) is 6.97. The lowest BCUT2D eigenvalue weighted by Gasteiger charge is -2.06. The van der Waals surface area contributed by atoms with Gasteiger partial charge in [0, 0.05) is 16.9 Å². The van der Waals surface area contributed by atoms with E-state index in [1.54, 1.807) is 6.07 Å². The number of hydrogen-bond acceptors (Lipinski definition) is 2. The molecule has 0 amide bonds. The topological polar surface area (TPSA) is 25.8 Å². The van der Waals surface area contributed by atoms with E-state index in [1.807, 2.05) is 0 Å². The van der Waals surface area contributed by atoms with Crippen LogP contribution in [0, 0.1) is 0 Å². The summed E-state index contributed by atoms with van der Waals surface area (Å²) >= 11 is 3.17. The third kappa shape index (κ3) is 2.09. The van der Waals surface area contributed by atoms with E-state index in [4.69, 9.17) is 0 Å².